The molecule has 0 aliphatic carbocycles. The number of aromatic nitrogens is 2. The zero-order valence-electron chi connectivity index (χ0n) is 14.2. The second kappa shape index (κ2) is 6.63. The van der Waals surface area contributed by atoms with Gasteiger partial charge in [-0.25, -0.2) is 4.79 Å². The number of carboxylic acids is 1. The predicted octanol–water partition coefficient (Wildman–Crippen LogP) is 3.28. The molecule has 2 aromatic heterocycles. The van der Waals surface area contributed by atoms with Crippen molar-refractivity contribution in [1.29, 1.82) is 0 Å². The second-order valence-electron chi connectivity index (χ2n) is 6.59. The van der Waals surface area contributed by atoms with Gasteiger partial charge >= 0.3 is 5.97 Å². The summed E-state index contributed by atoms with van der Waals surface area (Å²) in [6.45, 7) is 1.28. The summed E-state index contributed by atoms with van der Waals surface area (Å²) in [6.07, 6.45) is 5.21. The lowest BCUT2D eigenvalue weighted by Crippen LogP contribution is -2.38. The van der Waals surface area contributed by atoms with Gasteiger partial charge in [-0.2, -0.15) is 0 Å². The van der Waals surface area contributed by atoms with Crippen LogP contribution in [0.3, 0.4) is 0 Å². The average Bonchev–Trinajstić information content (AvgIpc) is 3.12. The van der Waals surface area contributed by atoms with Gasteiger partial charge in [-0.05, 0) is 42.5 Å². The van der Waals surface area contributed by atoms with Crippen LogP contribution in [0.1, 0.15) is 45.2 Å². The number of likely N-dealkylation sites (tertiary alicyclic amines) is 1. The molecular formula is C20H19N3O3. The minimum absolute atomic E-state index is 0.0806. The molecule has 4 rings (SSSR count). The van der Waals surface area contributed by atoms with Crippen molar-refractivity contribution in [3.63, 3.8) is 0 Å². The van der Waals surface area contributed by atoms with E-state index in [0.717, 1.165) is 18.4 Å². The van der Waals surface area contributed by atoms with Crippen LogP contribution in [0.2, 0.25) is 0 Å². The molecule has 1 amide bonds. The van der Waals surface area contributed by atoms with Crippen molar-refractivity contribution in [1.82, 2.24) is 14.9 Å². The molecule has 1 aromatic carbocycles. The van der Waals surface area contributed by atoms with Crippen LogP contribution in [0.4, 0.5) is 0 Å². The standard InChI is InChI=1S/C20H19N3O3/c24-19(18-11-14(20(25)26)5-8-21-18)23-9-6-13(7-10-23)16-12-22-17-4-2-1-3-15(16)17/h1-5,8,11-13,22H,6-7,9-10H2,(H,25,26). The van der Waals surface area contributed by atoms with Crippen LogP contribution in [-0.2, 0) is 0 Å². The van der Waals surface area contributed by atoms with Crippen molar-refractivity contribution in [3.8, 4) is 0 Å². The molecule has 0 unspecified atom stereocenters. The van der Waals surface area contributed by atoms with Crippen LogP contribution < -0.4 is 0 Å². The summed E-state index contributed by atoms with van der Waals surface area (Å²) in [7, 11) is 0. The number of pyridine rings is 1. The number of amides is 1. The number of carbonyl (C=O) groups excluding carboxylic acids is 1. The summed E-state index contributed by atoms with van der Waals surface area (Å²) < 4.78 is 0. The molecule has 0 spiro atoms. The van der Waals surface area contributed by atoms with Crippen molar-refractivity contribution in [2.75, 3.05) is 13.1 Å². The van der Waals surface area contributed by atoms with E-state index in [1.165, 1.54) is 29.3 Å². The Balaban J connectivity index is 1.47. The molecule has 0 radical (unpaired) electrons. The topological polar surface area (TPSA) is 86.3 Å². The maximum atomic E-state index is 12.6. The first-order valence-corrected chi connectivity index (χ1v) is 8.68. The number of rotatable bonds is 3. The largest absolute Gasteiger partial charge is 0.478 e. The Kier molecular flexibility index (Phi) is 4.16. The first kappa shape index (κ1) is 16.3. The van der Waals surface area contributed by atoms with Gasteiger partial charge in [0.15, 0.2) is 0 Å². The smallest absolute Gasteiger partial charge is 0.335 e. The number of hydrogen-bond acceptors (Lipinski definition) is 3. The third-order valence-corrected chi connectivity index (χ3v) is 5.07. The highest BCUT2D eigenvalue weighted by Gasteiger charge is 2.26. The van der Waals surface area contributed by atoms with Gasteiger partial charge in [0.25, 0.3) is 5.91 Å². The molecule has 132 valence electrons. The third-order valence-electron chi connectivity index (χ3n) is 5.07. The summed E-state index contributed by atoms with van der Waals surface area (Å²) in [4.78, 5) is 32.8. The third kappa shape index (κ3) is 2.94. The van der Waals surface area contributed by atoms with Crippen molar-refractivity contribution in [3.05, 3.63) is 65.6 Å². The number of hydrogen-bond donors (Lipinski definition) is 2. The van der Waals surface area contributed by atoms with E-state index < -0.39 is 5.97 Å². The summed E-state index contributed by atoms with van der Waals surface area (Å²) in [6, 6.07) is 11.0. The lowest BCUT2D eigenvalue weighted by Gasteiger charge is -2.31. The minimum Gasteiger partial charge on any atom is -0.478 e. The van der Waals surface area contributed by atoms with Crippen LogP contribution >= 0.6 is 0 Å². The van der Waals surface area contributed by atoms with E-state index in [1.807, 2.05) is 12.1 Å². The SMILES string of the molecule is O=C(O)c1ccnc(C(=O)N2CCC(c3c[nH]c4ccccc34)CC2)c1. The molecule has 2 N–H and O–H groups in total. The number of piperidine rings is 1. The number of carboxylic acid groups (broad SMARTS) is 1. The molecule has 0 saturated carbocycles. The van der Waals surface area contributed by atoms with Crippen LogP contribution in [0.15, 0.2) is 48.8 Å². The Bertz CT molecular complexity index is 971. The van der Waals surface area contributed by atoms with E-state index in [1.54, 1.807) is 4.90 Å². The number of benzene rings is 1. The number of aromatic carboxylic acids is 1. The Morgan fingerprint density at radius 2 is 1.92 bits per heavy atom. The number of carbonyl (C=O) groups is 2. The highest BCUT2D eigenvalue weighted by molar-refractivity contribution is 5.95. The number of aromatic amines is 1. The van der Waals surface area contributed by atoms with Gasteiger partial charge in [0.05, 0.1) is 5.56 Å². The molecular weight excluding hydrogens is 330 g/mol. The fourth-order valence-electron chi connectivity index (χ4n) is 3.67. The molecule has 6 heteroatoms. The number of H-pyrrole nitrogens is 1. The van der Waals surface area contributed by atoms with Gasteiger partial charge < -0.3 is 15.0 Å². The zero-order valence-corrected chi connectivity index (χ0v) is 14.2. The van der Waals surface area contributed by atoms with E-state index in [9.17, 15) is 9.59 Å². The summed E-state index contributed by atoms with van der Waals surface area (Å²) >= 11 is 0. The van der Waals surface area contributed by atoms with E-state index in [0.29, 0.717) is 19.0 Å². The van der Waals surface area contributed by atoms with Crippen LogP contribution in [0.25, 0.3) is 10.9 Å². The number of nitrogens with one attached hydrogen (secondary N) is 1. The van der Waals surface area contributed by atoms with Crippen molar-refractivity contribution < 1.29 is 14.7 Å². The highest BCUT2D eigenvalue weighted by atomic mass is 16.4. The number of para-hydroxylation sites is 1. The number of nitrogens with zero attached hydrogens (tertiary/aromatic N) is 2. The minimum atomic E-state index is -1.06. The fourth-order valence-corrected chi connectivity index (χ4v) is 3.67. The Labute approximate surface area is 150 Å². The van der Waals surface area contributed by atoms with Gasteiger partial charge in [0.1, 0.15) is 5.69 Å². The van der Waals surface area contributed by atoms with E-state index in [-0.39, 0.29) is 17.2 Å². The molecule has 0 bridgehead atoms. The van der Waals surface area contributed by atoms with Gasteiger partial charge in [-0.3, -0.25) is 9.78 Å². The Morgan fingerprint density at radius 3 is 2.69 bits per heavy atom. The van der Waals surface area contributed by atoms with Gasteiger partial charge in [0, 0.05) is 36.4 Å². The van der Waals surface area contributed by atoms with Crippen molar-refractivity contribution in [2.45, 2.75) is 18.8 Å². The Hall–Kier alpha value is -3.15. The average molecular weight is 349 g/mol. The molecule has 6 nitrogen and oxygen atoms in total. The molecule has 1 aliphatic rings. The lowest BCUT2D eigenvalue weighted by molar-refractivity contribution is 0.0696. The normalized spacial score (nSPS) is 15.3. The maximum absolute atomic E-state index is 12.6. The van der Waals surface area contributed by atoms with E-state index in [4.69, 9.17) is 5.11 Å². The molecule has 26 heavy (non-hydrogen) atoms. The first-order valence-electron chi connectivity index (χ1n) is 8.68. The van der Waals surface area contributed by atoms with Crippen molar-refractivity contribution in [2.24, 2.45) is 0 Å². The van der Waals surface area contributed by atoms with Crippen LogP contribution in [-0.4, -0.2) is 44.9 Å². The van der Waals surface area contributed by atoms with E-state index in [2.05, 4.69) is 28.3 Å². The van der Waals surface area contributed by atoms with Gasteiger partial charge in [-0.1, -0.05) is 18.2 Å². The lowest BCUT2D eigenvalue weighted by atomic mass is 9.89. The van der Waals surface area contributed by atoms with E-state index >= 15 is 0 Å². The second-order valence-corrected chi connectivity index (χ2v) is 6.59. The summed E-state index contributed by atoms with van der Waals surface area (Å²) in [5.41, 5.74) is 2.71. The van der Waals surface area contributed by atoms with Gasteiger partial charge in [-0.15, -0.1) is 0 Å². The molecule has 1 saturated heterocycles. The zero-order chi connectivity index (χ0) is 18.1. The predicted molar refractivity (Wildman–Crippen MR) is 97.4 cm³/mol. The first-order chi connectivity index (χ1) is 12.6. The number of fused-ring (bicyclic) bond motifs is 1. The van der Waals surface area contributed by atoms with Crippen LogP contribution in [0, 0.1) is 0 Å². The quantitative estimate of drug-likeness (QED) is 0.760. The highest BCUT2D eigenvalue weighted by Crippen LogP contribution is 2.33. The Morgan fingerprint density at radius 1 is 1.15 bits per heavy atom. The van der Waals surface area contributed by atoms with Crippen molar-refractivity contribution >= 4 is 22.8 Å². The van der Waals surface area contributed by atoms with Crippen LogP contribution in [0.5, 0.6) is 0 Å². The fraction of sp³-hybridized carbons (Fsp3) is 0.250. The van der Waals surface area contributed by atoms with Gasteiger partial charge in [0.2, 0.25) is 0 Å². The molecule has 3 heterocycles. The molecule has 1 aliphatic heterocycles. The summed E-state index contributed by atoms with van der Waals surface area (Å²) in [5, 5.41) is 10.3. The maximum Gasteiger partial charge on any atom is 0.335 e. The monoisotopic (exact) mass is 349 g/mol. The summed E-state index contributed by atoms with van der Waals surface area (Å²) in [5.74, 6) is -0.849. The molecule has 1 fully saturated rings. The molecule has 3 aromatic rings. The molecule has 0 atom stereocenters.